The highest BCUT2D eigenvalue weighted by atomic mass is 32.2. The summed E-state index contributed by atoms with van der Waals surface area (Å²) >= 11 is 1.89. The summed E-state index contributed by atoms with van der Waals surface area (Å²) in [5, 5.41) is 10.2. The summed E-state index contributed by atoms with van der Waals surface area (Å²) in [5.74, 6) is 1.77. The molecule has 1 aromatic rings. The van der Waals surface area contributed by atoms with Gasteiger partial charge in [-0.2, -0.15) is 5.26 Å². The average molecular weight is 344 g/mol. The molecule has 0 unspecified atom stereocenters. The summed E-state index contributed by atoms with van der Waals surface area (Å²) in [4.78, 5) is 7.51. The monoisotopic (exact) mass is 343 g/mol. The summed E-state index contributed by atoms with van der Waals surface area (Å²) < 4.78 is 0. The maximum Gasteiger partial charge on any atom is 0.164 e. The summed E-state index contributed by atoms with van der Waals surface area (Å²) in [6.45, 7) is 10.00. The van der Waals surface area contributed by atoms with Crippen LogP contribution in [0.2, 0.25) is 0 Å². The topological polar surface area (TPSA) is 39.4 Å². The Balaban J connectivity index is 2.28. The fourth-order valence-corrected chi connectivity index (χ4v) is 4.29. The standard InChI is InChI=1S/C20H29N3S/c1-5-7-8-18-14-24-20(23(18)13-15(3)4)22-19-10-9-16(12-21)11-17(19)6-2/h9-11,15,18H,5-8,13-14H2,1-4H3/t18-/m0/s1. The molecule has 2 rings (SSSR count). The van der Waals surface area contributed by atoms with Gasteiger partial charge in [0.05, 0.1) is 17.3 Å². The number of unbranched alkanes of at least 4 members (excludes halogenated alkanes) is 1. The van der Waals surface area contributed by atoms with Crippen molar-refractivity contribution in [3.8, 4) is 6.07 Å². The lowest BCUT2D eigenvalue weighted by Gasteiger charge is -2.28. The average Bonchev–Trinajstić information content (AvgIpc) is 2.94. The fourth-order valence-electron chi connectivity index (χ4n) is 3.05. The fraction of sp³-hybridized carbons (Fsp3) is 0.600. The molecule has 1 atom stereocenters. The van der Waals surface area contributed by atoms with Crippen molar-refractivity contribution in [2.75, 3.05) is 12.3 Å². The largest absolute Gasteiger partial charge is 0.347 e. The molecule has 0 amide bonds. The summed E-state index contributed by atoms with van der Waals surface area (Å²) in [7, 11) is 0. The van der Waals surface area contributed by atoms with E-state index in [9.17, 15) is 0 Å². The molecule has 4 heteroatoms. The van der Waals surface area contributed by atoms with Crippen molar-refractivity contribution in [2.45, 2.75) is 59.4 Å². The van der Waals surface area contributed by atoms with Crippen molar-refractivity contribution < 1.29 is 0 Å². The Labute approximate surface area is 151 Å². The summed E-state index contributed by atoms with van der Waals surface area (Å²) in [6.07, 6.45) is 4.68. The van der Waals surface area contributed by atoms with E-state index in [2.05, 4.69) is 38.7 Å². The van der Waals surface area contributed by atoms with Crippen molar-refractivity contribution in [1.29, 1.82) is 5.26 Å². The number of benzene rings is 1. The van der Waals surface area contributed by atoms with Crippen molar-refractivity contribution in [2.24, 2.45) is 10.9 Å². The molecule has 0 spiro atoms. The zero-order valence-electron chi connectivity index (χ0n) is 15.4. The third-order valence-corrected chi connectivity index (χ3v) is 5.49. The van der Waals surface area contributed by atoms with Gasteiger partial charge in [-0.3, -0.25) is 0 Å². The second-order valence-electron chi connectivity index (χ2n) is 6.86. The molecule has 0 N–H and O–H groups in total. The lowest BCUT2D eigenvalue weighted by molar-refractivity contribution is 0.295. The van der Waals surface area contributed by atoms with Gasteiger partial charge < -0.3 is 4.90 Å². The number of hydrogen-bond acceptors (Lipinski definition) is 3. The van der Waals surface area contributed by atoms with Gasteiger partial charge in [0.2, 0.25) is 0 Å². The molecule has 1 aliphatic heterocycles. The van der Waals surface area contributed by atoms with Crippen molar-refractivity contribution in [3.63, 3.8) is 0 Å². The van der Waals surface area contributed by atoms with Crippen LogP contribution in [0.15, 0.2) is 23.2 Å². The number of nitriles is 1. The number of aryl methyl sites for hydroxylation is 1. The number of amidine groups is 1. The molecular formula is C20H29N3S. The molecule has 0 aromatic heterocycles. The highest BCUT2D eigenvalue weighted by Crippen LogP contribution is 2.32. The second-order valence-corrected chi connectivity index (χ2v) is 7.84. The minimum Gasteiger partial charge on any atom is -0.347 e. The van der Waals surface area contributed by atoms with Crippen LogP contribution in [-0.4, -0.2) is 28.4 Å². The SMILES string of the molecule is CCCC[C@H]1CSC(=Nc2ccc(C#N)cc2CC)N1CC(C)C. The van der Waals surface area contributed by atoms with E-state index in [-0.39, 0.29) is 0 Å². The minimum absolute atomic E-state index is 0.611. The molecular weight excluding hydrogens is 314 g/mol. The molecule has 3 nitrogen and oxygen atoms in total. The van der Waals surface area contributed by atoms with Crippen LogP contribution in [-0.2, 0) is 6.42 Å². The van der Waals surface area contributed by atoms with Gasteiger partial charge in [0.1, 0.15) is 0 Å². The highest BCUT2D eigenvalue weighted by molar-refractivity contribution is 8.14. The van der Waals surface area contributed by atoms with Gasteiger partial charge in [-0.15, -0.1) is 0 Å². The van der Waals surface area contributed by atoms with Gasteiger partial charge >= 0.3 is 0 Å². The first kappa shape index (κ1) is 18.9. The Kier molecular flexibility index (Phi) is 7.17. The Morgan fingerprint density at radius 2 is 2.17 bits per heavy atom. The van der Waals surface area contributed by atoms with Crippen LogP contribution in [0.5, 0.6) is 0 Å². The van der Waals surface area contributed by atoms with Crippen LogP contribution in [0.4, 0.5) is 5.69 Å². The highest BCUT2D eigenvalue weighted by Gasteiger charge is 2.30. The Morgan fingerprint density at radius 3 is 2.79 bits per heavy atom. The van der Waals surface area contributed by atoms with E-state index in [1.54, 1.807) is 0 Å². The normalized spacial score (nSPS) is 19.2. The Hall–Kier alpha value is -1.47. The molecule has 0 bridgehead atoms. The third-order valence-electron chi connectivity index (χ3n) is 4.35. The van der Waals surface area contributed by atoms with Crippen molar-refractivity contribution >= 4 is 22.6 Å². The molecule has 1 aromatic carbocycles. The summed E-state index contributed by atoms with van der Waals surface area (Å²) in [6, 6.07) is 8.68. The zero-order valence-corrected chi connectivity index (χ0v) is 16.2. The van der Waals surface area contributed by atoms with Crippen molar-refractivity contribution in [3.05, 3.63) is 29.3 Å². The Morgan fingerprint density at radius 1 is 1.38 bits per heavy atom. The predicted molar refractivity (Wildman–Crippen MR) is 105 cm³/mol. The lowest BCUT2D eigenvalue weighted by atomic mass is 10.1. The molecule has 0 radical (unpaired) electrons. The molecule has 24 heavy (non-hydrogen) atoms. The maximum atomic E-state index is 9.09. The lowest BCUT2D eigenvalue weighted by Crippen LogP contribution is -2.36. The first-order valence-corrected chi connectivity index (χ1v) is 10.1. The van der Waals surface area contributed by atoms with Crippen molar-refractivity contribution in [1.82, 2.24) is 4.90 Å². The molecule has 0 aliphatic carbocycles. The first-order chi connectivity index (χ1) is 11.6. The third kappa shape index (κ3) is 4.77. The van der Waals surface area contributed by atoms with Gasteiger partial charge in [0.15, 0.2) is 5.17 Å². The van der Waals surface area contributed by atoms with Crippen LogP contribution < -0.4 is 0 Å². The predicted octanol–water partition coefficient (Wildman–Crippen LogP) is 5.37. The quantitative estimate of drug-likeness (QED) is 0.668. The first-order valence-electron chi connectivity index (χ1n) is 9.10. The number of thioether (sulfide) groups is 1. The molecule has 0 saturated carbocycles. The van der Waals surface area contributed by atoms with Gasteiger partial charge in [-0.25, -0.2) is 4.99 Å². The summed E-state index contributed by atoms with van der Waals surface area (Å²) in [5.41, 5.74) is 2.89. The number of aliphatic imine (C=N–C) groups is 1. The van der Waals surface area contributed by atoms with Crippen LogP contribution >= 0.6 is 11.8 Å². The second kappa shape index (κ2) is 9.13. The Bertz CT molecular complexity index is 616. The molecule has 1 fully saturated rings. The van der Waals surface area contributed by atoms with Crippen LogP contribution in [0, 0.1) is 17.2 Å². The van der Waals surface area contributed by atoms with E-state index in [1.165, 1.54) is 19.3 Å². The van der Waals surface area contributed by atoms with Crippen LogP contribution in [0.1, 0.15) is 58.1 Å². The number of hydrogen-bond donors (Lipinski definition) is 0. The van der Waals surface area contributed by atoms with Crippen LogP contribution in [0.25, 0.3) is 0 Å². The van der Waals surface area contributed by atoms with E-state index < -0.39 is 0 Å². The van der Waals surface area contributed by atoms with E-state index in [0.29, 0.717) is 12.0 Å². The molecule has 1 aliphatic rings. The number of rotatable bonds is 7. The molecule has 1 heterocycles. The smallest absolute Gasteiger partial charge is 0.164 e. The molecule has 1 saturated heterocycles. The van der Waals surface area contributed by atoms with Gasteiger partial charge in [0.25, 0.3) is 0 Å². The number of nitrogens with zero attached hydrogens (tertiary/aromatic N) is 3. The minimum atomic E-state index is 0.611. The zero-order chi connectivity index (χ0) is 17.5. The van der Waals surface area contributed by atoms with Crippen LogP contribution in [0.3, 0.4) is 0 Å². The van der Waals surface area contributed by atoms with E-state index in [1.807, 2.05) is 30.0 Å². The maximum absolute atomic E-state index is 9.09. The van der Waals surface area contributed by atoms with Gasteiger partial charge in [-0.05, 0) is 42.5 Å². The van der Waals surface area contributed by atoms with Gasteiger partial charge in [0, 0.05) is 18.3 Å². The van der Waals surface area contributed by atoms with E-state index in [0.717, 1.165) is 40.7 Å². The van der Waals surface area contributed by atoms with E-state index >= 15 is 0 Å². The molecule has 130 valence electrons. The van der Waals surface area contributed by atoms with Gasteiger partial charge in [-0.1, -0.05) is 52.3 Å². The van der Waals surface area contributed by atoms with E-state index in [4.69, 9.17) is 10.3 Å².